The van der Waals surface area contributed by atoms with E-state index in [1.165, 1.54) is 11.5 Å². The SMILES string of the molecule is CCn1nccc1C(N)c1csnn1. The van der Waals surface area contributed by atoms with Crippen molar-refractivity contribution in [3.63, 3.8) is 0 Å². The maximum Gasteiger partial charge on any atom is 0.0983 e. The van der Waals surface area contributed by atoms with Crippen LogP contribution < -0.4 is 5.73 Å². The summed E-state index contributed by atoms with van der Waals surface area (Å²) in [4.78, 5) is 0. The molecule has 1 atom stereocenters. The topological polar surface area (TPSA) is 69.6 Å². The fourth-order valence-corrected chi connectivity index (χ4v) is 1.82. The minimum Gasteiger partial charge on any atom is -0.318 e. The minimum absolute atomic E-state index is 0.226. The van der Waals surface area contributed by atoms with Gasteiger partial charge in [-0.1, -0.05) is 4.49 Å². The van der Waals surface area contributed by atoms with Gasteiger partial charge in [0, 0.05) is 18.1 Å². The first-order valence-electron chi connectivity index (χ1n) is 4.37. The van der Waals surface area contributed by atoms with Crippen LogP contribution in [0.1, 0.15) is 24.4 Å². The van der Waals surface area contributed by atoms with Crippen molar-refractivity contribution in [2.45, 2.75) is 19.5 Å². The Morgan fingerprint density at radius 3 is 3.14 bits per heavy atom. The summed E-state index contributed by atoms with van der Waals surface area (Å²) in [5, 5.41) is 9.97. The van der Waals surface area contributed by atoms with Gasteiger partial charge in [0.1, 0.15) is 0 Å². The van der Waals surface area contributed by atoms with Gasteiger partial charge in [0.25, 0.3) is 0 Å². The number of rotatable bonds is 3. The molecule has 2 heterocycles. The predicted octanol–water partition coefficient (Wildman–Crippen LogP) is 0.803. The summed E-state index contributed by atoms with van der Waals surface area (Å²) in [5.41, 5.74) is 7.79. The van der Waals surface area contributed by atoms with Gasteiger partial charge in [0.15, 0.2) is 0 Å². The lowest BCUT2D eigenvalue weighted by Gasteiger charge is -2.09. The lowest BCUT2D eigenvalue weighted by atomic mass is 10.2. The summed E-state index contributed by atoms with van der Waals surface area (Å²) in [6, 6.07) is 1.68. The average Bonchev–Trinajstić information content (AvgIpc) is 2.87. The lowest BCUT2D eigenvalue weighted by Crippen LogP contribution is -2.17. The summed E-state index contributed by atoms with van der Waals surface area (Å²) >= 11 is 1.31. The lowest BCUT2D eigenvalue weighted by molar-refractivity contribution is 0.595. The van der Waals surface area contributed by atoms with Crippen molar-refractivity contribution in [2.75, 3.05) is 0 Å². The van der Waals surface area contributed by atoms with E-state index in [2.05, 4.69) is 14.7 Å². The summed E-state index contributed by atoms with van der Waals surface area (Å²) in [5.74, 6) is 0. The van der Waals surface area contributed by atoms with Gasteiger partial charge >= 0.3 is 0 Å². The maximum absolute atomic E-state index is 6.02. The largest absolute Gasteiger partial charge is 0.318 e. The van der Waals surface area contributed by atoms with E-state index in [1.807, 2.05) is 23.1 Å². The number of nitrogens with zero attached hydrogens (tertiary/aromatic N) is 4. The highest BCUT2D eigenvalue weighted by Crippen LogP contribution is 2.17. The molecule has 0 saturated carbocycles. The second-order valence-electron chi connectivity index (χ2n) is 2.88. The normalized spacial score (nSPS) is 13.0. The molecule has 2 aromatic heterocycles. The molecule has 0 aliphatic heterocycles. The van der Waals surface area contributed by atoms with Gasteiger partial charge in [-0.05, 0) is 24.5 Å². The second-order valence-corrected chi connectivity index (χ2v) is 3.49. The van der Waals surface area contributed by atoms with E-state index in [9.17, 15) is 0 Å². The van der Waals surface area contributed by atoms with Crippen molar-refractivity contribution in [3.8, 4) is 0 Å². The van der Waals surface area contributed by atoms with Crippen molar-refractivity contribution in [3.05, 3.63) is 29.0 Å². The van der Waals surface area contributed by atoms with Crippen molar-refractivity contribution in [1.82, 2.24) is 19.4 Å². The van der Waals surface area contributed by atoms with Crippen molar-refractivity contribution in [1.29, 1.82) is 0 Å². The zero-order chi connectivity index (χ0) is 9.97. The molecule has 2 aromatic rings. The molecule has 0 aliphatic carbocycles. The molecule has 1 unspecified atom stereocenters. The maximum atomic E-state index is 6.02. The summed E-state index contributed by atoms with van der Waals surface area (Å²) in [6.07, 6.45) is 1.75. The molecule has 2 N–H and O–H groups in total. The fourth-order valence-electron chi connectivity index (χ4n) is 1.33. The number of aromatic nitrogens is 4. The number of nitrogens with two attached hydrogens (primary N) is 1. The molecule has 5 nitrogen and oxygen atoms in total. The standard InChI is InChI=1S/C8H11N5S/c1-2-13-7(3-4-10-13)8(9)6-5-14-12-11-6/h3-5,8H,2,9H2,1H3. The molecule has 0 fully saturated rings. The Labute approximate surface area is 85.7 Å². The van der Waals surface area contributed by atoms with Gasteiger partial charge in [-0.2, -0.15) is 5.10 Å². The van der Waals surface area contributed by atoms with Crippen LogP contribution in [0, 0.1) is 0 Å². The van der Waals surface area contributed by atoms with Crippen LogP contribution in [0.2, 0.25) is 0 Å². The Morgan fingerprint density at radius 2 is 2.50 bits per heavy atom. The van der Waals surface area contributed by atoms with E-state index in [-0.39, 0.29) is 6.04 Å². The molecule has 0 aromatic carbocycles. The molecule has 2 rings (SSSR count). The zero-order valence-electron chi connectivity index (χ0n) is 7.79. The van der Waals surface area contributed by atoms with E-state index in [0.29, 0.717) is 0 Å². The molecule has 74 valence electrons. The van der Waals surface area contributed by atoms with Crippen LogP contribution in [-0.2, 0) is 6.54 Å². The van der Waals surface area contributed by atoms with Gasteiger partial charge in [-0.15, -0.1) is 5.10 Å². The molecule has 0 spiro atoms. The number of aryl methyl sites for hydroxylation is 1. The van der Waals surface area contributed by atoms with Gasteiger partial charge < -0.3 is 5.73 Å². The van der Waals surface area contributed by atoms with E-state index in [0.717, 1.165) is 17.9 Å². The molecule has 0 amide bonds. The van der Waals surface area contributed by atoms with E-state index >= 15 is 0 Å². The summed E-state index contributed by atoms with van der Waals surface area (Å²) in [6.45, 7) is 2.84. The highest BCUT2D eigenvalue weighted by molar-refractivity contribution is 7.03. The van der Waals surface area contributed by atoms with E-state index < -0.39 is 0 Å². The van der Waals surface area contributed by atoms with Crippen LogP contribution >= 0.6 is 11.5 Å². The van der Waals surface area contributed by atoms with Crippen LogP contribution in [0.25, 0.3) is 0 Å². The average molecular weight is 209 g/mol. The Hall–Kier alpha value is -1.27. The number of hydrogen-bond acceptors (Lipinski definition) is 5. The minimum atomic E-state index is -0.226. The molecule has 0 bridgehead atoms. The Kier molecular flexibility index (Phi) is 2.55. The molecule has 0 saturated heterocycles. The van der Waals surface area contributed by atoms with Crippen LogP contribution in [-0.4, -0.2) is 19.4 Å². The molecule has 6 heteroatoms. The molecule has 0 aliphatic rings. The molecule has 14 heavy (non-hydrogen) atoms. The predicted molar refractivity (Wildman–Crippen MR) is 53.8 cm³/mol. The third-order valence-electron chi connectivity index (χ3n) is 2.06. The quantitative estimate of drug-likeness (QED) is 0.811. The third kappa shape index (κ3) is 1.53. The van der Waals surface area contributed by atoms with Crippen LogP contribution in [0.3, 0.4) is 0 Å². The first-order chi connectivity index (χ1) is 6.83. The Balaban J connectivity index is 2.31. The van der Waals surface area contributed by atoms with E-state index in [4.69, 9.17) is 5.73 Å². The zero-order valence-corrected chi connectivity index (χ0v) is 8.61. The van der Waals surface area contributed by atoms with Gasteiger partial charge in [0.05, 0.1) is 17.4 Å². The van der Waals surface area contributed by atoms with Crippen LogP contribution in [0.5, 0.6) is 0 Å². The van der Waals surface area contributed by atoms with Gasteiger partial charge in [-0.25, -0.2) is 0 Å². The first-order valence-corrected chi connectivity index (χ1v) is 5.20. The van der Waals surface area contributed by atoms with Crippen LogP contribution in [0.15, 0.2) is 17.6 Å². The van der Waals surface area contributed by atoms with Crippen molar-refractivity contribution in [2.24, 2.45) is 5.73 Å². The summed E-state index contributed by atoms with van der Waals surface area (Å²) < 4.78 is 5.66. The van der Waals surface area contributed by atoms with Crippen molar-refractivity contribution < 1.29 is 0 Å². The number of hydrogen-bond donors (Lipinski definition) is 1. The van der Waals surface area contributed by atoms with Gasteiger partial charge in [-0.3, -0.25) is 4.68 Å². The van der Waals surface area contributed by atoms with Gasteiger partial charge in [0.2, 0.25) is 0 Å². The highest BCUT2D eigenvalue weighted by atomic mass is 32.1. The fraction of sp³-hybridized carbons (Fsp3) is 0.375. The Bertz CT molecular complexity index is 394. The molecule has 0 radical (unpaired) electrons. The van der Waals surface area contributed by atoms with Crippen LogP contribution in [0.4, 0.5) is 0 Å². The highest BCUT2D eigenvalue weighted by Gasteiger charge is 2.15. The van der Waals surface area contributed by atoms with E-state index in [1.54, 1.807) is 6.20 Å². The monoisotopic (exact) mass is 209 g/mol. The summed E-state index contributed by atoms with van der Waals surface area (Å²) in [7, 11) is 0. The molecular weight excluding hydrogens is 198 g/mol. The van der Waals surface area contributed by atoms with Crippen molar-refractivity contribution >= 4 is 11.5 Å². The second kappa shape index (κ2) is 3.85. The molecular formula is C8H11N5S. The first kappa shape index (κ1) is 9.29. The Morgan fingerprint density at radius 1 is 1.64 bits per heavy atom. The third-order valence-corrected chi connectivity index (χ3v) is 2.59. The smallest absolute Gasteiger partial charge is 0.0983 e.